The molecule has 0 unspecified atom stereocenters. The summed E-state index contributed by atoms with van der Waals surface area (Å²) in [6.07, 6.45) is 2.93. The van der Waals surface area contributed by atoms with Crippen LogP contribution < -0.4 is 5.32 Å². The van der Waals surface area contributed by atoms with Gasteiger partial charge in [0.1, 0.15) is 0 Å². The number of methoxy groups -OCH3 is 1. The van der Waals surface area contributed by atoms with E-state index < -0.39 is 0 Å². The molecular formula is C10H19NO2. The van der Waals surface area contributed by atoms with Gasteiger partial charge in [0, 0.05) is 13.2 Å². The monoisotopic (exact) mass is 185 g/mol. The summed E-state index contributed by atoms with van der Waals surface area (Å²) in [6.45, 7) is 4.66. The van der Waals surface area contributed by atoms with Gasteiger partial charge in [-0.05, 0) is 26.2 Å². The van der Waals surface area contributed by atoms with Gasteiger partial charge in [-0.25, -0.2) is 0 Å². The van der Waals surface area contributed by atoms with E-state index in [0.717, 1.165) is 19.3 Å². The Labute approximate surface area is 79.8 Å². The molecular weight excluding hydrogens is 166 g/mol. The molecule has 0 aromatic heterocycles. The van der Waals surface area contributed by atoms with Crippen molar-refractivity contribution in [2.45, 2.75) is 39.2 Å². The summed E-state index contributed by atoms with van der Waals surface area (Å²) in [5.41, 5.74) is -0.182. The number of hydrogen-bond donors (Lipinski definition) is 1. The Bertz CT molecular complexity index is 187. The smallest absolute Gasteiger partial charge is 0.228 e. The van der Waals surface area contributed by atoms with E-state index >= 15 is 0 Å². The lowest BCUT2D eigenvalue weighted by Crippen LogP contribution is -2.39. The molecule has 0 aromatic rings. The Morgan fingerprint density at radius 1 is 1.62 bits per heavy atom. The average molecular weight is 185 g/mol. The van der Waals surface area contributed by atoms with Crippen LogP contribution in [0.25, 0.3) is 0 Å². The van der Waals surface area contributed by atoms with Crippen molar-refractivity contribution in [3.05, 3.63) is 0 Å². The van der Waals surface area contributed by atoms with Crippen LogP contribution in [0.1, 0.15) is 33.1 Å². The maximum absolute atomic E-state index is 11.7. The van der Waals surface area contributed by atoms with Crippen molar-refractivity contribution in [2.75, 3.05) is 13.7 Å². The summed E-state index contributed by atoms with van der Waals surface area (Å²) < 4.78 is 5.04. The highest BCUT2D eigenvalue weighted by atomic mass is 16.5. The van der Waals surface area contributed by atoms with Gasteiger partial charge in [-0.1, -0.05) is 6.92 Å². The van der Waals surface area contributed by atoms with Crippen LogP contribution in [0.15, 0.2) is 0 Å². The largest absolute Gasteiger partial charge is 0.384 e. The minimum absolute atomic E-state index is 0.170. The Morgan fingerprint density at radius 2 is 2.23 bits per heavy atom. The maximum Gasteiger partial charge on any atom is 0.228 e. The summed E-state index contributed by atoms with van der Waals surface area (Å²) in [6, 6.07) is 0.279. The second kappa shape index (κ2) is 4.09. The molecule has 13 heavy (non-hydrogen) atoms. The molecule has 1 fully saturated rings. The highest BCUT2D eigenvalue weighted by molar-refractivity contribution is 5.85. The van der Waals surface area contributed by atoms with Crippen molar-refractivity contribution < 1.29 is 9.53 Å². The van der Waals surface area contributed by atoms with Gasteiger partial charge in [-0.15, -0.1) is 0 Å². The molecule has 0 aromatic carbocycles. The molecule has 1 saturated carbocycles. The number of carbonyl (C=O) groups is 1. The third-order valence-corrected chi connectivity index (χ3v) is 2.75. The Balaban J connectivity index is 2.38. The van der Waals surface area contributed by atoms with E-state index in [1.165, 1.54) is 0 Å². The predicted octanol–water partition coefficient (Wildman–Crippen LogP) is 1.33. The van der Waals surface area contributed by atoms with Crippen LogP contribution >= 0.6 is 0 Å². The van der Waals surface area contributed by atoms with E-state index in [1.54, 1.807) is 7.11 Å². The van der Waals surface area contributed by atoms with Crippen molar-refractivity contribution in [2.24, 2.45) is 5.41 Å². The molecule has 3 nitrogen and oxygen atoms in total. The van der Waals surface area contributed by atoms with Crippen molar-refractivity contribution in [3.8, 4) is 0 Å². The van der Waals surface area contributed by atoms with Gasteiger partial charge in [0.2, 0.25) is 5.91 Å². The van der Waals surface area contributed by atoms with Crippen LogP contribution in [0, 0.1) is 5.41 Å². The van der Waals surface area contributed by atoms with E-state index in [9.17, 15) is 4.79 Å². The summed E-state index contributed by atoms with van der Waals surface area (Å²) in [4.78, 5) is 11.7. The van der Waals surface area contributed by atoms with Crippen LogP contribution in [0.5, 0.6) is 0 Å². The van der Waals surface area contributed by atoms with E-state index in [1.807, 2.05) is 6.92 Å². The number of amides is 1. The molecule has 1 amide bonds. The van der Waals surface area contributed by atoms with Gasteiger partial charge in [-0.3, -0.25) is 4.79 Å². The number of nitrogens with one attached hydrogen (secondary N) is 1. The van der Waals surface area contributed by atoms with Crippen LogP contribution in [0.2, 0.25) is 0 Å². The second-order valence-electron chi connectivity index (χ2n) is 4.00. The number of ether oxygens (including phenoxy) is 1. The number of rotatable bonds is 5. The SMILES string of the molecule is CC[C@@H](C)NC(=O)C1(COC)CC1. The second-order valence-corrected chi connectivity index (χ2v) is 4.00. The maximum atomic E-state index is 11.7. The molecule has 0 radical (unpaired) electrons. The first-order valence-corrected chi connectivity index (χ1v) is 4.94. The van der Waals surface area contributed by atoms with Crippen molar-refractivity contribution in [1.29, 1.82) is 0 Å². The van der Waals surface area contributed by atoms with Crippen LogP contribution in [-0.4, -0.2) is 25.7 Å². The van der Waals surface area contributed by atoms with Gasteiger partial charge in [0.15, 0.2) is 0 Å². The van der Waals surface area contributed by atoms with Gasteiger partial charge in [0.05, 0.1) is 12.0 Å². The molecule has 1 N–H and O–H groups in total. The molecule has 1 atom stereocenters. The fourth-order valence-electron chi connectivity index (χ4n) is 1.34. The third kappa shape index (κ3) is 2.44. The average Bonchev–Trinajstić information content (AvgIpc) is 2.86. The molecule has 1 aliphatic rings. The van der Waals surface area contributed by atoms with Crippen molar-refractivity contribution in [3.63, 3.8) is 0 Å². The highest BCUT2D eigenvalue weighted by Gasteiger charge is 2.49. The van der Waals surface area contributed by atoms with E-state index in [-0.39, 0.29) is 17.4 Å². The summed E-state index contributed by atoms with van der Waals surface area (Å²) >= 11 is 0. The fraction of sp³-hybridized carbons (Fsp3) is 0.900. The van der Waals surface area contributed by atoms with Gasteiger partial charge >= 0.3 is 0 Å². The molecule has 1 aliphatic carbocycles. The zero-order valence-electron chi connectivity index (χ0n) is 8.72. The summed E-state index contributed by atoms with van der Waals surface area (Å²) in [7, 11) is 1.65. The molecule has 0 aliphatic heterocycles. The van der Waals surface area contributed by atoms with E-state index in [2.05, 4.69) is 12.2 Å². The first kappa shape index (κ1) is 10.5. The van der Waals surface area contributed by atoms with Crippen molar-refractivity contribution in [1.82, 2.24) is 5.32 Å². The first-order valence-electron chi connectivity index (χ1n) is 4.94. The minimum atomic E-state index is -0.182. The Kier molecular flexibility index (Phi) is 3.31. The molecule has 1 rings (SSSR count). The Hall–Kier alpha value is -0.570. The zero-order valence-corrected chi connectivity index (χ0v) is 8.72. The third-order valence-electron chi connectivity index (χ3n) is 2.75. The normalized spacial score (nSPS) is 20.8. The zero-order chi connectivity index (χ0) is 9.90. The quantitative estimate of drug-likeness (QED) is 0.701. The van der Waals surface area contributed by atoms with E-state index in [4.69, 9.17) is 4.74 Å². The Morgan fingerprint density at radius 3 is 2.62 bits per heavy atom. The molecule has 0 heterocycles. The van der Waals surface area contributed by atoms with Crippen LogP contribution in [0.3, 0.4) is 0 Å². The molecule has 0 spiro atoms. The minimum Gasteiger partial charge on any atom is -0.384 e. The number of hydrogen-bond acceptors (Lipinski definition) is 2. The van der Waals surface area contributed by atoms with Crippen LogP contribution in [0.4, 0.5) is 0 Å². The van der Waals surface area contributed by atoms with Gasteiger partial charge < -0.3 is 10.1 Å². The lowest BCUT2D eigenvalue weighted by molar-refractivity contribution is -0.128. The fourth-order valence-corrected chi connectivity index (χ4v) is 1.34. The first-order chi connectivity index (χ1) is 6.14. The van der Waals surface area contributed by atoms with Gasteiger partial charge in [0.25, 0.3) is 0 Å². The predicted molar refractivity (Wildman–Crippen MR) is 51.4 cm³/mol. The molecule has 0 saturated heterocycles. The summed E-state index contributed by atoms with van der Waals surface area (Å²) in [5.74, 6) is 0.170. The molecule has 76 valence electrons. The topological polar surface area (TPSA) is 38.3 Å². The molecule has 0 bridgehead atoms. The summed E-state index contributed by atoms with van der Waals surface area (Å²) in [5, 5.41) is 3.00. The van der Waals surface area contributed by atoms with Gasteiger partial charge in [-0.2, -0.15) is 0 Å². The standard InChI is InChI=1S/C10H19NO2/c1-4-8(2)11-9(12)10(5-6-10)7-13-3/h8H,4-7H2,1-3H3,(H,11,12)/t8-/m1/s1. The van der Waals surface area contributed by atoms with E-state index in [0.29, 0.717) is 6.61 Å². The lowest BCUT2D eigenvalue weighted by Gasteiger charge is -2.17. The lowest BCUT2D eigenvalue weighted by atomic mass is 10.1. The van der Waals surface area contributed by atoms with Crippen molar-refractivity contribution >= 4 is 5.91 Å². The highest BCUT2D eigenvalue weighted by Crippen LogP contribution is 2.46. The van der Waals surface area contributed by atoms with Crippen LogP contribution in [-0.2, 0) is 9.53 Å². The molecule has 3 heteroatoms. The number of carbonyl (C=O) groups excluding carboxylic acids is 1.